The van der Waals surface area contributed by atoms with Crippen LogP contribution in [0.25, 0.3) is 4.96 Å². The van der Waals surface area contributed by atoms with Gasteiger partial charge in [-0.15, -0.1) is 10.2 Å². The summed E-state index contributed by atoms with van der Waals surface area (Å²) in [6.45, 7) is 0. The van der Waals surface area contributed by atoms with E-state index >= 15 is 0 Å². The SMILES string of the molecule is CSCc1nnc2sc(Cc3ccc4c(c3)CCCC4)nn12. The third-order valence-electron chi connectivity index (χ3n) is 4.14. The van der Waals surface area contributed by atoms with E-state index in [1.165, 1.54) is 42.4 Å². The van der Waals surface area contributed by atoms with Gasteiger partial charge < -0.3 is 0 Å². The summed E-state index contributed by atoms with van der Waals surface area (Å²) in [6.07, 6.45) is 8.09. The molecule has 0 atom stereocenters. The van der Waals surface area contributed by atoms with Gasteiger partial charge in [0.2, 0.25) is 4.96 Å². The fourth-order valence-corrected chi connectivity index (χ4v) is 4.38. The molecule has 0 spiro atoms. The van der Waals surface area contributed by atoms with Crippen molar-refractivity contribution in [2.75, 3.05) is 6.26 Å². The average molecular weight is 330 g/mol. The summed E-state index contributed by atoms with van der Waals surface area (Å²) in [6, 6.07) is 6.94. The van der Waals surface area contributed by atoms with Crippen LogP contribution in [-0.4, -0.2) is 26.1 Å². The molecule has 2 aromatic heterocycles. The zero-order chi connectivity index (χ0) is 14.9. The van der Waals surface area contributed by atoms with E-state index in [1.54, 1.807) is 23.1 Å². The maximum Gasteiger partial charge on any atom is 0.234 e. The Labute approximate surface area is 138 Å². The van der Waals surface area contributed by atoms with Crippen molar-refractivity contribution in [3.63, 3.8) is 0 Å². The normalized spacial score (nSPS) is 14.4. The zero-order valence-corrected chi connectivity index (χ0v) is 14.2. The monoisotopic (exact) mass is 330 g/mol. The van der Waals surface area contributed by atoms with Crippen molar-refractivity contribution in [3.8, 4) is 0 Å². The molecule has 0 aliphatic heterocycles. The van der Waals surface area contributed by atoms with Crippen LogP contribution in [0.2, 0.25) is 0 Å². The molecule has 6 heteroatoms. The van der Waals surface area contributed by atoms with Gasteiger partial charge in [0.1, 0.15) is 5.01 Å². The number of benzene rings is 1. The molecule has 1 aliphatic carbocycles. The van der Waals surface area contributed by atoms with Crippen LogP contribution in [0.4, 0.5) is 0 Å². The third-order valence-corrected chi connectivity index (χ3v) is 5.58. The smallest absolute Gasteiger partial charge is 0.186 e. The Morgan fingerprint density at radius 1 is 1.18 bits per heavy atom. The second-order valence-corrected chi connectivity index (χ2v) is 7.63. The summed E-state index contributed by atoms with van der Waals surface area (Å²) in [7, 11) is 0. The van der Waals surface area contributed by atoms with Gasteiger partial charge in [-0.05, 0) is 48.6 Å². The molecule has 3 aromatic rings. The van der Waals surface area contributed by atoms with Gasteiger partial charge in [0.15, 0.2) is 5.82 Å². The molecule has 1 aliphatic rings. The van der Waals surface area contributed by atoms with Crippen molar-refractivity contribution in [3.05, 3.63) is 45.7 Å². The summed E-state index contributed by atoms with van der Waals surface area (Å²) in [4.78, 5) is 0.900. The first kappa shape index (κ1) is 14.2. The summed E-state index contributed by atoms with van der Waals surface area (Å²) >= 11 is 3.39. The standard InChI is InChI=1S/C16H18N4S2/c1-21-10-14-17-18-16-20(14)19-15(22-16)9-11-6-7-12-4-2-3-5-13(12)8-11/h6-8H,2-5,9-10H2,1H3. The lowest BCUT2D eigenvalue weighted by Crippen LogP contribution is -2.03. The zero-order valence-electron chi connectivity index (χ0n) is 12.6. The Bertz CT molecular complexity index is 806. The number of aromatic nitrogens is 4. The molecule has 22 heavy (non-hydrogen) atoms. The Balaban J connectivity index is 1.60. The number of hydrogen-bond acceptors (Lipinski definition) is 5. The molecule has 4 rings (SSSR count). The van der Waals surface area contributed by atoms with Gasteiger partial charge in [0.05, 0.1) is 5.75 Å². The van der Waals surface area contributed by atoms with Gasteiger partial charge in [-0.2, -0.15) is 21.4 Å². The molecule has 0 saturated heterocycles. The minimum atomic E-state index is 0.850. The maximum absolute atomic E-state index is 4.70. The van der Waals surface area contributed by atoms with Crippen LogP contribution in [0.1, 0.15) is 40.4 Å². The largest absolute Gasteiger partial charge is 0.234 e. The van der Waals surface area contributed by atoms with Crippen LogP contribution in [0.3, 0.4) is 0 Å². The Kier molecular flexibility index (Phi) is 3.88. The number of thioether (sulfide) groups is 1. The van der Waals surface area contributed by atoms with Crippen molar-refractivity contribution >= 4 is 28.1 Å². The number of nitrogens with zero attached hydrogens (tertiary/aromatic N) is 4. The Morgan fingerprint density at radius 2 is 2.05 bits per heavy atom. The van der Waals surface area contributed by atoms with Crippen molar-refractivity contribution in [1.82, 2.24) is 19.8 Å². The van der Waals surface area contributed by atoms with Crippen molar-refractivity contribution < 1.29 is 0 Å². The molecule has 114 valence electrons. The maximum atomic E-state index is 4.70. The number of rotatable bonds is 4. The first-order valence-corrected chi connectivity index (χ1v) is 9.84. The van der Waals surface area contributed by atoms with E-state index in [4.69, 9.17) is 5.10 Å². The number of fused-ring (bicyclic) bond motifs is 2. The lowest BCUT2D eigenvalue weighted by atomic mass is 9.90. The van der Waals surface area contributed by atoms with Crippen molar-refractivity contribution in [2.24, 2.45) is 0 Å². The second-order valence-electron chi connectivity index (χ2n) is 5.73. The van der Waals surface area contributed by atoms with E-state index in [0.29, 0.717) is 0 Å². The van der Waals surface area contributed by atoms with Gasteiger partial charge in [0.25, 0.3) is 0 Å². The predicted octanol–water partition coefficient (Wildman–Crippen LogP) is 3.52. The molecule has 0 bridgehead atoms. The highest BCUT2D eigenvalue weighted by Crippen LogP contribution is 2.24. The van der Waals surface area contributed by atoms with Crippen LogP contribution in [0, 0.1) is 0 Å². The van der Waals surface area contributed by atoms with E-state index in [9.17, 15) is 0 Å². The molecule has 2 heterocycles. The van der Waals surface area contributed by atoms with Crippen LogP contribution in [0.15, 0.2) is 18.2 Å². The van der Waals surface area contributed by atoms with Gasteiger partial charge >= 0.3 is 0 Å². The van der Waals surface area contributed by atoms with E-state index in [-0.39, 0.29) is 0 Å². The number of aryl methyl sites for hydroxylation is 2. The third kappa shape index (κ3) is 2.65. The molecular formula is C16H18N4S2. The minimum Gasteiger partial charge on any atom is -0.186 e. The Hall–Kier alpha value is -1.40. The highest BCUT2D eigenvalue weighted by Gasteiger charge is 2.13. The van der Waals surface area contributed by atoms with Crippen LogP contribution < -0.4 is 0 Å². The topological polar surface area (TPSA) is 43.1 Å². The summed E-state index contributed by atoms with van der Waals surface area (Å²) in [5, 5.41) is 14.2. The molecule has 0 unspecified atom stereocenters. The van der Waals surface area contributed by atoms with Gasteiger partial charge in [-0.25, -0.2) is 0 Å². The lowest BCUT2D eigenvalue weighted by Gasteiger charge is -2.16. The fourth-order valence-electron chi connectivity index (χ4n) is 3.06. The first-order valence-electron chi connectivity index (χ1n) is 7.63. The molecule has 0 fully saturated rings. The molecule has 0 N–H and O–H groups in total. The number of hydrogen-bond donors (Lipinski definition) is 0. The molecule has 1 aromatic carbocycles. The summed E-state index contributed by atoms with van der Waals surface area (Å²) in [5.74, 6) is 1.79. The van der Waals surface area contributed by atoms with Gasteiger partial charge in [-0.1, -0.05) is 29.5 Å². The molecule has 0 amide bonds. The highest BCUT2D eigenvalue weighted by molar-refractivity contribution is 7.97. The highest BCUT2D eigenvalue weighted by atomic mass is 32.2. The fraction of sp³-hybridized carbons (Fsp3) is 0.438. The van der Waals surface area contributed by atoms with E-state index < -0.39 is 0 Å². The van der Waals surface area contributed by atoms with Crippen LogP contribution in [0.5, 0.6) is 0 Å². The van der Waals surface area contributed by atoms with E-state index in [1.807, 2.05) is 4.52 Å². The average Bonchev–Trinajstić information content (AvgIpc) is 3.09. The summed E-state index contributed by atoms with van der Waals surface area (Å²) < 4.78 is 1.90. The van der Waals surface area contributed by atoms with E-state index in [0.717, 1.165) is 28.0 Å². The predicted molar refractivity (Wildman–Crippen MR) is 91.8 cm³/mol. The van der Waals surface area contributed by atoms with Gasteiger partial charge in [0, 0.05) is 6.42 Å². The quantitative estimate of drug-likeness (QED) is 0.734. The second kappa shape index (κ2) is 6.01. The van der Waals surface area contributed by atoms with E-state index in [2.05, 4.69) is 34.7 Å². The van der Waals surface area contributed by atoms with Crippen LogP contribution >= 0.6 is 23.1 Å². The molecule has 0 saturated carbocycles. The van der Waals surface area contributed by atoms with Crippen molar-refractivity contribution in [2.45, 2.75) is 37.9 Å². The molecule has 4 nitrogen and oxygen atoms in total. The van der Waals surface area contributed by atoms with Crippen molar-refractivity contribution in [1.29, 1.82) is 0 Å². The van der Waals surface area contributed by atoms with Crippen LogP contribution in [-0.2, 0) is 25.0 Å². The molecule has 0 radical (unpaired) electrons. The lowest BCUT2D eigenvalue weighted by molar-refractivity contribution is 0.684. The van der Waals surface area contributed by atoms with Gasteiger partial charge in [-0.3, -0.25) is 0 Å². The minimum absolute atomic E-state index is 0.850. The Morgan fingerprint density at radius 3 is 2.91 bits per heavy atom. The first-order chi connectivity index (χ1) is 10.8. The summed E-state index contributed by atoms with van der Waals surface area (Å²) in [5.41, 5.74) is 4.43. The molecular weight excluding hydrogens is 312 g/mol.